The molecule has 4 rings (SSSR count). The lowest BCUT2D eigenvalue weighted by atomic mass is 9.89. The minimum atomic E-state index is 0.0480. The summed E-state index contributed by atoms with van der Waals surface area (Å²) in [6.07, 6.45) is 4.62. The summed E-state index contributed by atoms with van der Waals surface area (Å²) >= 11 is 0. The normalized spacial score (nSPS) is 27.3. The summed E-state index contributed by atoms with van der Waals surface area (Å²) in [6, 6.07) is 9.08. The Kier molecular flexibility index (Phi) is 3.76. The molecule has 2 fully saturated rings. The number of aromatic nitrogens is 2. The van der Waals surface area contributed by atoms with Crippen LogP contribution < -0.4 is 11.0 Å². The first kappa shape index (κ1) is 14.0. The average Bonchev–Trinajstić information content (AvgIpc) is 2.91. The largest absolute Gasteiger partial charge is 0.326 e. The maximum atomic E-state index is 12.3. The van der Waals surface area contributed by atoms with Gasteiger partial charge in [-0.25, -0.2) is 4.79 Å². The van der Waals surface area contributed by atoms with Crippen LogP contribution in [0.1, 0.15) is 31.7 Å². The first-order valence-electron chi connectivity index (χ1n) is 8.47. The molecule has 1 aliphatic carbocycles. The van der Waals surface area contributed by atoms with E-state index < -0.39 is 0 Å². The van der Waals surface area contributed by atoms with E-state index in [1.54, 1.807) is 0 Å². The molecule has 0 atom stereocenters. The lowest BCUT2D eigenvalue weighted by molar-refractivity contribution is 0.123. The second kappa shape index (κ2) is 5.89. The number of rotatable bonds is 2. The van der Waals surface area contributed by atoms with Gasteiger partial charge >= 0.3 is 5.69 Å². The molecule has 2 heterocycles. The fourth-order valence-electron chi connectivity index (χ4n) is 4.17. The van der Waals surface area contributed by atoms with Crippen LogP contribution in [0.2, 0.25) is 0 Å². The van der Waals surface area contributed by atoms with Gasteiger partial charge in [-0.3, -0.25) is 9.47 Å². The molecule has 1 saturated heterocycles. The zero-order valence-electron chi connectivity index (χ0n) is 12.9. The maximum Gasteiger partial charge on any atom is 0.326 e. The third-order valence-electron chi connectivity index (χ3n) is 5.32. The molecule has 0 spiro atoms. The van der Waals surface area contributed by atoms with Crippen molar-refractivity contribution in [1.82, 2.24) is 19.8 Å². The standard InChI is InChI=1S/C17H24N4O/c22-17-19-15-3-1-2-4-16(15)21(17)14-7-5-13(6-8-14)20-11-9-18-10-12-20/h1-4,13-14,18H,5-12H2,(H,19,22). The summed E-state index contributed by atoms with van der Waals surface area (Å²) in [6.45, 7) is 4.56. The highest BCUT2D eigenvalue weighted by molar-refractivity contribution is 5.75. The van der Waals surface area contributed by atoms with Crippen LogP contribution in [0, 0.1) is 0 Å². The molecule has 1 saturated carbocycles. The van der Waals surface area contributed by atoms with Crippen LogP contribution in [0.25, 0.3) is 11.0 Å². The van der Waals surface area contributed by atoms with Crippen molar-refractivity contribution in [2.75, 3.05) is 26.2 Å². The van der Waals surface area contributed by atoms with Crippen molar-refractivity contribution < 1.29 is 0 Å². The third-order valence-corrected chi connectivity index (χ3v) is 5.32. The van der Waals surface area contributed by atoms with Gasteiger partial charge in [-0.1, -0.05) is 12.1 Å². The van der Waals surface area contributed by atoms with Crippen LogP contribution in [-0.4, -0.2) is 46.7 Å². The molecule has 5 nitrogen and oxygen atoms in total. The maximum absolute atomic E-state index is 12.3. The van der Waals surface area contributed by atoms with E-state index in [2.05, 4.69) is 21.3 Å². The molecular weight excluding hydrogens is 276 g/mol. The van der Waals surface area contributed by atoms with Crippen LogP contribution in [0.3, 0.4) is 0 Å². The van der Waals surface area contributed by atoms with Crippen LogP contribution in [-0.2, 0) is 0 Å². The number of piperazine rings is 1. The fourth-order valence-corrected chi connectivity index (χ4v) is 4.17. The Balaban J connectivity index is 1.51. The molecule has 2 aliphatic rings. The second-order valence-electron chi connectivity index (χ2n) is 6.57. The van der Waals surface area contributed by atoms with E-state index in [4.69, 9.17) is 0 Å². The number of aromatic amines is 1. The number of imidazole rings is 1. The number of benzene rings is 1. The molecule has 0 radical (unpaired) electrons. The fraction of sp³-hybridized carbons (Fsp3) is 0.588. The topological polar surface area (TPSA) is 53.1 Å². The highest BCUT2D eigenvalue weighted by atomic mass is 16.1. The smallest absolute Gasteiger partial charge is 0.314 e. The molecule has 0 amide bonds. The summed E-state index contributed by atoms with van der Waals surface area (Å²) in [5.74, 6) is 0. The van der Waals surface area contributed by atoms with Crippen LogP contribution >= 0.6 is 0 Å². The predicted octanol–water partition coefficient (Wildman–Crippen LogP) is 1.72. The van der Waals surface area contributed by atoms with Gasteiger partial charge in [-0.05, 0) is 37.8 Å². The lowest BCUT2D eigenvalue weighted by Gasteiger charge is -2.39. The Bertz CT molecular complexity index is 690. The SMILES string of the molecule is O=c1[nH]c2ccccc2n1C1CCC(N2CCNCC2)CC1. The van der Waals surface area contributed by atoms with Crippen molar-refractivity contribution in [3.05, 3.63) is 34.7 Å². The number of hydrogen-bond donors (Lipinski definition) is 2. The van der Waals surface area contributed by atoms with Crippen LogP contribution in [0.15, 0.2) is 29.1 Å². The van der Waals surface area contributed by atoms with Gasteiger partial charge in [0.05, 0.1) is 11.0 Å². The van der Waals surface area contributed by atoms with E-state index in [-0.39, 0.29) is 5.69 Å². The van der Waals surface area contributed by atoms with Crippen LogP contribution in [0.4, 0.5) is 0 Å². The Morgan fingerprint density at radius 3 is 2.41 bits per heavy atom. The van der Waals surface area contributed by atoms with Crippen molar-refractivity contribution in [1.29, 1.82) is 0 Å². The Labute approximate surface area is 130 Å². The van der Waals surface area contributed by atoms with Crippen molar-refractivity contribution >= 4 is 11.0 Å². The molecule has 0 unspecified atom stereocenters. The minimum Gasteiger partial charge on any atom is -0.314 e. The zero-order chi connectivity index (χ0) is 14.9. The zero-order valence-corrected chi connectivity index (χ0v) is 12.9. The number of fused-ring (bicyclic) bond motifs is 1. The molecule has 2 N–H and O–H groups in total. The Hall–Kier alpha value is -1.59. The monoisotopic (exact) mass is 300 g/mol. The van der Waals surface area contributed by atoms with Crippen molar-refractivity contribution in [3.63, 3.8) is 0 Å². The molecule has 0 bridgehead atoms. The molecular formula is C17H24N4O. The Morgan fingerprint density at radius 1 is 0.955 bits per heavy atom. The van der Waals surface area contributed by atoms with Gasteiger partial charge < -0.3 is 10.3 Å². The number of H-pyrrole nitrogens is 1. The first-order valence-corrected chi connectivity index (χ1v) is 8.47. The number of nitrogens with zero attached hydrogens (tertiary/aromatic N) is 2. The van der Waals surface area contributed by atoms with E-state index in [1.807, 2.05) is 22.8 Å². The molecule has 1 aromatic heterocycles. The van der Waals surface area contributed by atoms with E-state index >= 15 is 0 Å². The van der Waals surface area contributed by atoms with Gasteiger partial charge in [0.15, 0.2) is 0 Å². The summed E-state index contributed by atoms with van der Waals surface area (Å²) in [5.41, 5.74) is 2.06. The quantitative estimate of drug-likeness (QED) is 0.888. The van der Waals surface area contributed by atoms with Crippen LogP contribution in [0.5, 0.6) is 0 Å². The molecule has 22 heavy (non-hydrogen) atoms. The van der Waals surface area contributed by atoms with Gasteiger partial charge in [0.2, 0.25) is 0 Å². The lowest BCUT2D eigenvalue weighted by Crippen LogP contribution is -2.49. The van der Waals surface area contributed by atoms with Crippen molar-refractivity contribution in [3.8, 4) is 0 Å². The number of hydrogen-bond acceptors (Lipinski definition) is 3. The minimum absolute atomic E-state index is 0.0480. The highest BCUT2D eigenvalue weighted by Crippen LogP contribution is 2.32. The molecule has 5 heteroatoms. The van der Waals surface area contributed by atoms with Gasteiger partial charge in [-0.2, -0.15) is 0 Å². The van der Waals surface area contributed by atoms with E-state index in [1.165, 1.54) is 25.9 Å². The summed E-state index contributed by atoms with van der Waals surface area (Å²) in [7, 11) is 0. The third kappa shape index (κ3) is 2.48. The van der Waals surface area contributed by atoms with E-state index in [0.29, 0.717) is 12.1 Å². The average molecular weight is 300 g/mol. The molecule has 118 valence electrons. The van der Waals surface area contributed by atoms with Gasteiger partial charge in [0.25, 0.3) is 0 Å². The van der Waals surface area contributed by atoms with E-state index in [0.717, 1.165) is 37.0 Å². The van der Waals surface area contributed by atoms with Gasteiger partial charge in [0, 0.05) is 38.3 Å². The van der Waals surface area contributed by atoms with Crippen molar-refractivity contribution in [2.24, 2.45) is 0 Å². The molecule has 1 aliphatic heterocycles. The number of para-hydroxylation sites is 2. The summed E-state index contributed by atoms with van der Waals surface area (Å²) in [5, 5.41) is 3.42. The first-order chi connectivity index (χ1) is 10.8. The molecule has 1 aromatic carbocycles. The second-order valence-corrected chi connectivity index (χ2v) is 6.57. The predicted molar refractivity (Wildman–Crippen MR) is 88.3 cm³/mol. The Morgan fingerprint density at radius 2 is 1.64 bits per heavy atom. The highest BCUT2D eigenvalue weighted by Gasteiger charge is 2.28. The molecule has 2 aromatic rings. The van der Waals surface area contributed by atoms with Gasteiger partial charge in [-0.15, -0.1) is 0 Å². The van der Waals surface area contributed by atoms with Gasteiger partial charge in [0.1, 0.15) is 0 Å². The number of nitrogens with one attached hydrogen (secondary N) is 2. The van der Waals surface area contributed by atoms with Crippen molar-refractivity contribution in [2.45, 2.75) is 37.8 Å². The van der Waals surface area contributed by atoms with E-state index in [9.17, 15) is 4.79 Å². The summed E-state index contributed by atoms with van der Waals surface area (Å²) < 4.78 is 1.99. The summed E-state index contributed by atoms with van der Waals surface area (Å²) in [4.78, 5) is 17.9.